The summed E-state index contributed by atoms with van der Waals surface area (Å²) in [5.41, 5.74) is -0.151. The molecule has 94 valence electrons. The lowest BCUT2D eigenvalue weighted by Crippen LogP contribution is -2.17. The fraction of sp³-hybridized carbons (Fsp3) is 0.300. The molecular weight excluding hydrogens is 261 g/mol. The van der Waals surface area contributed by atoms with E-state index in [9.17, 15) is 23.1 Å². The van der Waals surface area contributed by atoms with Crippen LogP contribution in [0.2, 0.25) is 0 Å². The zero-order valence-electron chi connectivity index (χ0n) is 8.58. The molecule has 1 unspecified atom stereocenters. The zero-order chi connectivity index (χ0) is 13.2. The van der Waals surface area contributed by atoms with Gasteiger partial charge in [0, 0.05) is 6.07 Å². The maximum atomic E-state index is 11.9. The summed E-state index contributed by atoms with van der Waals surface area (Å²) < 4.78 is 39.2. The van der Waals surface area contributed by atoms with Crippen LogP contribution in [0.5, 0.6) is 11.5 Å². The Morgan fingerprint density at radius 1 is 1.47 bits per heavy atom. The predicted molar refractivity (Wildman–Crippen MR) is 54.4 cm³/mol. The van der Waals surface area contributed by atoms with Crippen molar-refractivity contribution in [3.8, 4) is 11.5 Å². The Balaban J connectivity index is 2.98. The third-order valence-corrected chi connectivity index (χ3v) is 2.03. The van der Waals surface area contributed by atoms with Crippen LogP contribution in [0.1, 0.15) is 17.3 Å². The van der Waals surface area contributed by atoms with Crippen molar-refractivity contribution in [2.45, 2.75) is 18.7 Å². The molecule has 0 radical (unpaired) electrons. The van der Waals surface area contributed by atoms with E-state index in [-0.39, 0.29) is 5.56 Å². The molecule has 3 nitrogen and oxygen atoms in total. The monoisotopic (exact) mass is 268 g/mol. The number of rotatable bonds is 3. The molecule has 17 heavy (non-hydrogen) atoms. The van der Waals surface area contributed by atoms with E-state index in [1.54, 1.807) is 0 Å². The molecule has 0 spiro atoms. The SMILES string of the molecule is CC(Cl)C(=O)c1ccc(OC(F)(F)F)cc1O. The van der Waals surface area contributed by atoms with Crippen LogP contribution in [0.25, 0.3) is 0 Å². The Morgan fingerprint density at radius 3 is 2.47 bits per heavy atom. The number of halogens is 4. The molecule has 1 rings (SSSR count). The van der Waals surface area contributed by atoms with Gasteiger partial charge >= 0.3 is 6.36 Å². The van der Waals surface area contributed by atoms with Crippen molar-refractivity contribution in [1.82, 2.24) is 0 Å². The van der Waals surface area contributed by atoms with Gasteiger partial charge in [-0.25, -0.2) is 0 Å². The van der Waals surface area contributed by atoms with Gasteiger partial charge in [-0.1, -0.05) is 0 Å². The van der Waals surface area contributed by atoms with Gasteiger partial charge in [-0.3, -0.25) is 4.79 Å². The first-order valence-corrected chi connectivity index (χ1v) is 4.91. The highest BCUT2D eigenvalue weighted by atomic mass is 35.5. The van der Waals surface area contributed by atoms with Gasteiger partial charge in [0.05, 0.1) is 10.9 Å². The second kappa shape index (κ2) is 4.83. The third-order valence-electron chi connectivity index (χ3n) is 1.83. The lowest BCUT2D eigenvalue weighted by molar-refractivity contribution is -0.274. The topological polar surface area (TPSA) is 46.5 Å². The molecule has 0 heterocycles. The largest absolute Gasteiger partial charge is 0.573 e. The highest BCUT2D eigenvalue weighted by molar-refractivity contribution is 6.33. The Bertz CT molecular complexity index is 429. The summed E-state index contributed by atoms with van der Waals surface area (Å²) >= 11 is 5.51. The average molecular weight is 269 g/mol. The number of ketones is 1. The maximum Gasteiger partial charge on any atom is 0.573 e. The molecular formula is C10H8ClF3O3. The Hall–Kier alpha value is -1.43. The quantitative estimate of drug-likeness (QED) is 0.677. The smallest absolute Gasteiger partial charge is 0.507 e. The number of phenolic OH excluding ortho intramolecular Hbond substituents is 1. The van der Waals surface area contributed by atoms with Crippen LogP contribution in [-0.2, 0) is 0 Å². The summed E-state index contributed by atoms with van der Waals surface area (Å²) in [5.74, 6) is -1.79. The molecule has 0 saturated heterocycles. The fourth-order valence-corrected chi connectivity index (χ4v) is 1.25. The lowest BCUT2D eigenvalue weighted by atomic mass is 10.1. The summed E-state index contributed by atoms with van der Waals surface area (Å²) in [7, 11) is 0. The molecule has 1 atom stereocenters. The molecule has 0 aliphatic heterocycles. The van der Waals surface area contributed by atoms with Crippen LogP contribution in [0.15, 0.2) is 18.2 Å². The number of carbonyl (C=O) groups excluding carboxylic acids is 1. The van der Waals surface area contributed by atoms with Crippen LogP contribution in [0, 0.1) is 0 Å². The van der Waals surface area contributed by atoms with Gasteiger partial charge < -0.3 is 9.84 Å². The minimum Gasteiger partial charge on any atom is -0.507 e. The van der Waals surface area contributed by atoms with Crippen molar-refractivity contribution >= 4 is 17.4 Å². The van der Waals surface area contributed by atoms with E-state index in [0.29, 0.717) is 6.07 Å². The molecule has 1 N–H and O–H groups in total. The molecule has 0 aromatic heterocycles. The van der Waals surface area contributed by atoms with Crippen molar-refractivity contribution in [3.63, 3.8) is 0 Å². The summed E-state index contributed by atoms with van der Waals surface area (Å²) in [6.45, 7) is 1.39. The average Bonchev–Trinajstić information content (AvgIpc) is 2.14. The first kappa shape index (κ1) is 13.6. The normalized spacial score (nSPS) is 13.2. The molecule has 1 aromatic rings. The number of aromatic hydroxyl groups is 1. The second-order valence-corrected chi connectivity index (χ2v) is 3.86. The van der Waals surface area contributed by atoms with Crippen molar-refractivity contribution < 1.29 is 27.8 Å². The summed E-state index contributed by atoms with van der Waals surface area (Å²) in [6.07, 6.45) is -4.85. The summed E-state index contributed by atoms with van der Waals surface area (Å²) in [6, 6.07) is 2.66. The van der Waals surface area contributed by atoms with Gasteiger partial charge in [-0.15, -0.1) is 24.8 Å². The first-order valence-electron chi connectivity index (χ1n) is 4.48. The Labute approximate surface area is 99.8 Å². The van der Waals surface area contributed by atoms with Crippen molar-refractivity contribution in [1.29, 1.82) is 0 Å². The number of hydrogen-bond acceptors (Lipinski definition) is 3. The van der Waals surface area contributed by atoms with Gasteiger partial charge in [-0.2, -0.15) is 0 Å². The lowest BCUT2D eigenvalue weighted by Gasteiger charge is -2.10. The van der Waals surface area contributed by atoms with Gasteiger partial charge in [-0.05, 0) is 19.1 Å². The highest BCUT2D eigenvalue weighted by Crippen LogP contribution is 2.29. The van der Waals surface area contributed by atoms with Gasteiger partial charge in [0.25, 0.3) is 0 Å². The van der Waals surface area contributed by atoms with Crippen LogP contribution >= 0.6 is 11.6 Å². The minimum atomic E-state index is -4.85. The van der Waals surface area contributed by atoms with E-state index in [4.69, 9.17) is 11.6 Å². The van der Waals surface area contributed by atoms with Crippen LogP contribution in [0.3, 0.4) is 0 Å². The fourth-order valence-electron chi connectivity index (χ4n) is 1.13. The number of Topliss-reactive ketones (excluding diaryl/α,β-unsaturated/α-hetero) is 1. The molecule has 0 fully saturated rings. The number of benzene rings is 1. The molecule has 0 amide bonds. The van der Waals surface area contributed by atoms with Crippen molar-refractivity contribution in [2.24, 2.45) is 0 Å². The minimum absolute atomic E-state index is 0.151. The van der Waals surface area contributed by atoms with Gasteiger partial charge in [0.15, 0.2) is 5.78 Å². The molecule has 7 heteroatoms. The van der Waals surface area contributed by atoms with Gasteiger partial charge in [0.2, 0.25) is 0 Å². The predicted octanol–water partition coefficient (Wildman–Crippen LogP) is 3.10. The number of hydrogen-bond donors (Lipinski definition) is 1. The van der Waals surface area contributed by atoms with E-state index in [0.717, 1.165) is 12.1 Å². The van der Waals surface area contributed by atoms with Crippen LogP contribution in [-0.4, -0.2) is 22.6 Å². The first-order chi connectivity index (χ1) is 7.70. The van der Waals surface area contributed by atoms with Gasteiger partial charge in [0.1, 0.15) is 11.5 Å². The third kappa shape index (κ3) is 3.81. The molecule has 0 bridgehead atoms. The second-order valence-electron chi connectivity index (χ2n) is 3.21. The number of carbonyl (C=O) groups is 1. The van der Waals surface area contributed by atoms with E-state index >= 15 is 0 Å². The number of ether oxygens (including phenoxy) is 1. The Kier molecular flexibility index (Phi) is 3.87. The summed E-state index contributed by atoms with van der Waals surface area (Å²) in [5, 5.41) is 8.50. The van der Waals surface area contributed by atoms with E-state index in [2.05, 4.69) is 4.74 Å². The number of alkyl halides is 4. The zero-order valence-corrected chi connectivity index (χ0v) is 9.34. The Morgan fingerprint density at radius 2 is 2.06 bits per heavy atom. The number of phenols is 1. The molecule has 0 aliphatic carbocycles. The van der Waals surface area contributed by atoms with E-state index in [1.807, 2.05) is 0 Å². The molecule has 0 aliphatic rings. The van der Waals surface area contributed by atoms with E-state index in [1.165, 1.54) is 6.92 Å². The van der Waals surface area contributed by atoms with Crippen LogP contribution < -0.4 is 4.74 Å². The molecule has 1 aromatic carbocycles. The van der Waals surface area contributed by atoms with Crippen LogP contribution in [0.4, 0.5) is 13.2 Å². The van der Waals surface area contributed by atoms with Crippen molar-refractivity contribution in [3.05, 3.63) is 23.8 Å². The van der Waals surface area contributed by atoms with E-state index < -0.39 is 29.0 Å². The maximum absolute atomic E-state index is 11.9. The molecule has 0 saturated carbocycles. The summed E-state index contributed by atoms with van der Waals surface area (Å²) in [4.78, 5) is 11.4. The standard InChI is InChI=1S/C10H8ClF3O3/c1-5(11)9(16)7-3-2-6(4-8(7)15)17-10(12,13)14/h2-5,15H,1H3. The van der Waals surface area contributed by atoms with Crippen molar-refractivity contribution in [2.75, 3.05) is 0 Å². The highest BCUT2D eigenvalue weighted by Gasteiger charge is 2.31.